The summed E-state index contributed by atoms with van der Waals surface area (Å²) in [5.41, 5.74) is -1.01. The second-order valence-electron chi connectivity index (χ2n) is 4.89. The Labute approximate surface area is 90.2 Å². The molecule has 0 amide bonds. The van der Waals surface area contributed by atoms with Gasteiger partial charge in [-0.25, -0.2) is 0 Å². The minimum atomic E-state index is -1.01. The average molecular weight is 216 g/mol. The van der Waals surface area contributed by atoms with Gasteiger partial charge in [0, 0.05) is 12.8 Å². The van der Waals surface area contributed by atoms with Crippen molar-refractivity contribution in [2.75, 3.05) is 13.2 Å². The van der Waals surface area contributed by atoms with Gasteiger partial charge in [0.15, 0.2) is 5.79 Å². The fraction of sp³-hybridized carbons (Fsp3) is 1.00. The van der Waals surface area contributed by atoms with Crippen molar-refractivity contribution in [1.29, 1.82) is 0 Å². The van der Waals surface area contributed by atoms with Crippen LogP contribution in [0.1, 0.15) is 39.0 Å². The van der Waals surface area contributed by atoms with Crippen LogP contribution in [0.5, 0.6) is 0 Å². The van der Waals surface area contributed by atoms with E-state index in [1.165, 1.54) is 0 Å². The van der Waals surface area contributed by atoms with Gasteiger partial charge in [0.05, 0.1) is 24.9 Å². The van der Waals surface area contributed by atoms with Gasteiger partial charge in [-0.1, -0.05) is 6.42 Å². The van der Waals surface area contributed by atoms with E-state index in [0.717, 1.165) is 19.3 Å². The highest BCUT2D eigenvalue weighted by atomic mass is 16.7. The van der Waals surface area contributed by atoms with Crippen LogP contribution in [-0.2, 0) is 9.47 Å². The van der Waals surface area contributed by atoms with Crippen LogP contribution in [0.15, 0.2) is 0 Å². The maximum atomic E-state index is 10.0. The van der Waals surface area contributed by atoms with Crippen LogP contribution >= 0.6 is 0 Å². The summed E-state index contributed by atoms with van der Waals surface area (Å²) in [6.45, 7) is 2.87. The Balaban J connectivity index is 2.09. The summed E-state index contributed by atoms with van der Waals surface area (Å²) in [5, 5.41) is 20.0. The van der Waals surface area contributed by atoms with Crippen molar-refractivity contribution in [3.8, 4) is 0 Å². The Bertz CT molecular complexity index is 221. The maximum Gasteiger partial charge on any atom is 0.171 e. The molecule has 0 unspecified atom stereocenters. The number of rotatable bonds is 0. The molecule has 2 N–H and O–H groups in total. The largest absolute Gasteiger partial charge is 0.390 e. The third-order valence-electron chi connectivity index (χ3n) is 3.53. The van der Waals surface area contributed by atoms with Crippen molar-refractivity contribution in [2.24, 2.45) is 0 Å². The van der Waals surface area contributed by atoms with E-state index in [9.17, 15) is 10.2 Å². The van der Waals surface area contributed by atoms with Gasteiger partial charge in [-0.15, -0.1) is 0 Å². The van der Waals surface area contributed by atoms with Gasteiger partial charge in [-0.2, -0.15) is 0 Å². The summed E-state index contributed by atoms with van der Waals surface area (Å²) in [4.78, 5) is 0. The Morgan fingerprint density at radius 3 is 2.40 bits per heavy atom. The van der Waals surface area contributed by atoms with E-state index in [1.54, 1.807) is 6.92 Å². The molecule has 2 rings (SSSR count). The maximum absolute atomic E-state index is 10.0. The normalized spacial score (nSPS) is 41.4. The Hall–Kier alpha value is -0.160. The molecule has 88 valence electrons. The Morgan fingerprint density at radius 1 is 1.13 bits per heavy atom. The third kappa shape index (κ3) is 2.33. The van der Waals surface area contributed by atoms with Gasteiger partial charge in [0.2, 0.25) is 0 Å². The molecule has 0 bridgehead atoms. The molecule has 1 aliphatic heterocycles. The van der Waals surface area contributed by atoms with Crippen molar-refractivity contribution in [3.63, 3.8) is 0 Å². The molecule has 1 saturated heterocycles. The van der Waals surface area contributed by atoms with Crippen molar-refractivity contribution in [3.05, 3.63) is 0 Å². The van der Waals surface area contributed by atoms with E-state index in [1.807, 2.05) is 0 Å². The highest BCUT2D eigenvalue weighted by Crippen LogP contribution is 2.37. The van der Waals surface area contributed by atoms with Crippen LogP contribution in [-0.4, -0.2) is 40.9 Å². The zero-order valence-electron chi connectivity index (χ0n) is 9.24. The van der Waals surface area contributed by atoms with E-state index >= 15 is 0 Å². The summed E-state index contributed by atoms with van der Waals surface area (Å²) in [5.74, 6) is -0.635. The van der Waals surface area contributed by atoms with Gasteiger partial charge < -0.3 is 19.7 Å². The third-order valence-corrected chi connectivity index (χ3v) is 3.53. The second-order valence-corrected chi connectivity index (χ2v) is 4.89. The zero-order valence-corrected chi connectivity index (χ0v) is 9.24. The summed E-state index contributed by atoms with van der Waals surface area (Å²) < 4.78 is 11.2. The van der Waals surface area contributed by atoms with Gasteiger partial charge >= 0.3 is 0 Å². The number of aliphatic hydroxyl groups is 2. The predicted octanol–water partition coefficient (Wildman–Crippen LogP) is 0.805. The Kier molecular flexibility index (Phi) is 3.03. The lowest BCUT2D eigenvalue weighted by Gasteiger charge is -2.38. The van der Waals surface area contributed by atoms with E-state index in [-0.39, 0.29) is 0 Å². The van der Waals surface area contributed by atoms with Crippen molar-refractivity contribution in [2.45, 2.75) is 56.5 Å². The van der Waals surface area contributed by atoms with Crippen molar-refractivity contribution >= 4 is 0 Å². The molecular weight excluding hydrogens is 196 g/mol. The minimum absolute atomic E-state index is 0.375. The van der Waals surface area contributed by atoms with Crippen LogP contribution in [0.2, 0.25) is 0 Å². The van der Waals surface area contributed by atoms with Gasteiger partial charge in [0.1, 0.15) is 0 Å². The lowest BCUT2D eigenvalue weighted by atomic mass is 9.83. The fourth-order valence-corrected chi connectivity index (χ4v) is 2.42. The first kappa shape index (κ1) is 11.3. The molecule has 0 aromatic rings. The SMILES string of the molecule is C[C@@]1(O)CCCCC2(C[C@@H]1O)OCCO2. The molecule has 1 heterocycles. The lowest BCUT2D eigenvalue weighted by molar-refractivity contribution is -0.208. The van der Waals surface area contributed by atoms with E-state index in [2.05, 4.69) is 0 Å². The smallest absolute Gasteiger partial charge is 0.171 e. The first-order valence-electron chi connectivity index (χ1n) is 5.72. The van der Waals surface area contributed by atoms with Crippen LogP contribution in [0, 0.1) is 0 Å². The van der Waals surface area contributed by atoms with Crippen LogP contribution < -0.4 is 0 Å². The van der Waals surface area contributed by atoms with E-state index in [4.69, 9.17) is 9.47 Å². The molecule has 4 heteroatoms. The van der Waals surface area contributed by atoms with Crippen molar-refractivity contribution in [1.82, 2.24) is 0 Å². The summed E-state index contributed by atoms with van der Waals surface area (Å²) in [7, 11) is 0. The molecule has 1 aliphatic carbocycles. The second kappa shape index (κ2) is 4.01. The molecule has 2 fully saturated rings. The first-order chi connectivity index (χ1) is 7.04. The molecule has 15 heavy (non-hydrogen) atoms. The molecule has 0 radical (unpaired) electrons. The van der Waals surface area contributed by atoms with Crippen LogP contribution in [0.3, 0.4) is 0 Å². The van der Waals surface area contributed by atoms with Crippen LogP contribution in [0.25, 0.3) is 0 Å². The number of hydrogen-bond donors (Lipinski definition) is 2. The summed E-state index contributed by atoms with van der Waals surface area (Å²) in [6, 6.07) is 0. The van der Waals surface area contributed by atoms with Gasteiger partial charge in [-0.05, 0) is 19.8 Å². The number of aliphatic hydroxyl groups excluding tert-OH is 1. The molecule has 0 aromatic heterocycles. The van der Waals surface area contributed by atoms with E-state index < -0.39 is 17.5 Å². The molecule has 1 spiro atoms. The summed E-state index contributed by atoms with van der Waals surface area (Å²) >= 11 is 0. The van der Waals surface area contributed by atoms with Gasteiger partial charge in [0.25, 0.3) is 0 Å². The average Bonchev–Trinajstić information content (AvgIpc) is 2.60. The highest BCUT2D eigenvalue weighted by molar-refractivity contribution is 4.90. The quantitative estimate of drug-likeness (QED) is 0.629. The zero-order chi connectivity index (χ0) is 10.9. The lowest BCUT2D eigenvalue weighted by Crippen LogP contribution is -2.47. The molecule has 2 aliphatic rings. The molecule has 2 atom stereocenters. The fourth-order valence-electron chi connectivity index (χ4n) is 2.42. The summed E-state index contributed by atoms with van der Waals surface area (Å²) in [6.07, 6.45) is 2.95. The predicted molar refractivity (Wildman–Crippen MR) is 54.4 cm³/mol. The monoisotopic (exact) mass is 216 g/mol. The molecule has 4 nitrogen and oxygen atoms in total. The van der Waals surface area contributed by atoms with E-state index in [0.29, 0.717) is 26.1 Å². The standard InChI is InChI=1S/C11H20O4/c1-10(13)4-2-3-5-11(8-9(10)12)14-6-7-15-11/h9,12-13H,2-8H2,1H3/t9-,10+/m0/s1. The number of ether oxygens (including phenoxy) is 2. The topological polar surface area (TPSA) is 58.9 Å². The molecule has 1 saturated carbocycles. The highest BCUT2D eigenvalue weighted by Gasteiger charge is 2.44. The molecule has 0 aromatic carbocycles. The van der Waals surface area contributed by atoms with Crippen molar-refractivity contribution < 1.29 is 19.7 Å². The minimum Gasteiger partial charge on any atom is -0.390 e. The van der Waals surface area contributed by atoms with Crippen LogP contribution in [0.4, 0.5) is 0 Å². The number of hydrogen-bond acceptors (Lipinski definition) is 4. The molecular formula is C11H20O4. The first-order valence-corrected chi connectivity index (χ1v) is 5.72. The Morgan fingerprint density at radius 2 is 1.73 bits per heavy atom. The van der Waals surface area contributed by atoms with Gasteiger partial charge in [-0.3, -0.25) is 0 Å².